The molecule has 2 saturated heterocycles. The topological polar surface area (TPSA) is 96.2 Å². The average molecular weight is 424 g/mol. The molecule has 2 aromatic heterocycles. The minimum Gasteiger partial charge on any atom is -0.507 e. The van der Waals surface area contributed by atoms with E-state index >= 15 is 4.39 Å². The minimum absolute atomic E-state index is 0.0922. The van der Waals surface area contributed by atoms with Crippen molar-refractivity contribution in [2.24, 2.45) is 7.05 Å². The molecular formula is C22H25FN6O2. The van der Waals surface area contributed by atoms with Crippen molar-refractivity contribution in [2.75, 3.05) is 11.9 Å². The van der Waals surface area contributed by atoms with Gasteiger partial charge in [-0.1, -0.05) is 0 Å². The predicted octanol–water partition coefficient (Wildman–Crippen LogP) is 2.15. The molecule has 4 heterocycles. The van der Waals surface area contributed by atoms with Crippen molar-refractivity contribution in [3.05, 3.63) is 40.9 Å². The van der Waals surface area contributed by atoms with Gasteiger partial charge in [-0.25, -0.2) is 9.37 Å². The van der Waals surface area contributed by atoms with Crippen LogP contribution in [-0.4, -0.2) is 55.7 Å². The number of hydrogen-bond acceptors (Lipinski definition) is 7. The number of phenolic OH excluding ortho intramolecular Hbond substituents is 1. The normalized spacial score (nSPS) is 27.5. The highest BCUT2D eigenvalue weighted by Crippen LogP contribution is 2.40. The van der Waals surface area contributed by atoms with Gasteiger partial charge >= 0.3 is 0 Å². The van der Waals surface area contributed by atoms with Crippen LogP contribution >= 0.6 is 0 Å². The first-order valence-electron chi connectivity index (χ1n) is 10.4. The van der Waals surface area contributed by atoms with Crippen LogP contribution in [-0.2, 0) is 7.05 Å². The van der Waals surface area contributed by atoms with Crippen molar-refractivity contribution >= 4 is 16.6 Å². The van der Waals surface area contributed by atoms with E-state index < -0.39 is 11.7 Å². The van der Waals surface area contributed by atoms with Crippen LogP contribution in [0.5, 0.6) is 5.75 Å². The molecule has 162 valence electrons. The van der Waals surface area contributed by atoms with Gasteiger partial charge in [-0.15, -0.1) is 10.2 Å². The summed E-state index contributed by atoms with van der Waals surface area (Å²) in [4.78, 5) is 18.5. The summed E-state index contributed by atoms with van der Waals surface area (Å²) >= 11 is 0. The minimum atomic E-state index is -1.02. The number of piperidine rings is 1. The standard InChI is InChI=1S/C22H25FN6O2/c1-22-6-4-13(25-22)9-16(19(22)23)29(3)18-11-24-20(27-26-18)15-8-12-5-7-28(2)21(31)14(12)10-17(15)30/h5,7-8,10-11,13,16,19,25,30H,4,6,9H2,1-3H3/t13?,16-,19-,22+/m0/s1. The van der Waals surface area contributed by atoms with E-state index in [-0.39, 0.29) is 23.2 Å². The first kappa shape index (κ1) is 19.9. The maximum absolute atomic E-state index is 15.2. The molecule has 1 aromatic carbocycles. The number of benzene rings is 1. The predicted molar refractivity (Wildman–Crippen MR) is 116 cm³/mol. The number of nitrogens with one attached hydrogen (secondary N) is 1. The van der Waals surface area contributed by atoms with E-state index in [2.05, 4.69) is 20.5 Å². The maximum atomic E-state index is 15.2. The van der Waals surface area contributed by atoms with Crippen molar-refractivity contribution in [1.82, 2.24) is 25.1 Å². The summed E-state index contributed by atoms with van der Waals surface area (Å²) in [5.41, 5.74) is -0.310. The van der Waals surface area contributed by atoms with Crippen molar-refractivity contribution in [3.8, 4) is 17.1 Å². The fourth-order valence-electron chi connectivity index (χ4n) is 4.95. The Balaban J connectivity index is 1.45. The second kappa shape index (κ2) is 6.98. The molecule has 9 heteroatoms. The van der Waals surface area contributed by atoms with E-state index in [9.17, 15) is 9.90 Å². The van der Waals surface area contributed by atoms with E-state index in [1.807, 2.05) is 18.9 Å². The molecule has 0 amide bonds. The van der Waals surface area contributed by atoms with Gasteiger partial charge in [0.25, 0.3) is 5.56 Å². The number of alkyl halides is 1. The number of aryl methyl sites for hydroxylation is 1. The molecule has 0 spiro atoms. The molecule has 2 N–H and O–H groups in total. The molecule has 0 aliphatic carbocycles. The zero-order valence-corrected chi connectivity index (χ0v) is 17.7. The molecule has 2 fully saturated rings. The van der Waals surface area contributed by atoms with Crippen LogP contribution in [0.2, 0.25) is 0 Å². The second-order valence-electron chi connectivity index (χ2n) is 8.94. The Morgan fingerprint density at radius 2 is 2.16 bits per heavy atom. The highest BCUT2D eigenvalue weighted by atomic mass is 19.1. The molecule has 2 aliphatic rings. The maximum Gasteiger partial charge on any atom is 0.258 e. The number of fused-ring (bicyclic) bond motifs is 3. The van der Waals surface area contributed by atoms with Crippen LogP contribution in [0.3, 0.4) is 0 Å². The number of rotatable bonds is 3. The smallest absolute Gasteiger partial charge is 0.258 e. The zero-order valence-electron chi connectivity index (χ0n) is 17.7. The van der Waals surface area contributed by atoms with Crippen LogP contribution in [0.4, 0.5) is 10.2 Å². The molecule has 1 unspecified atom stereocenters. The van der Waals surface area contributed by atoms with Crippen LogP contribution in [0.1, 0.15) is 26.2 Å². The summed E-state index contributed by atoms with van der Waals surface area (Å²) < 4.78 is 16.7. The third-order valence-corrected chi connectivity index (χ3v) is 6.86. The Morgan fingerprint density at radius 1 is 1.35 bits per heavy atom. The van der Waals surface area contributed by atoms with Crippen molar-refractivity contribution in [2.45, 2.75) is 50.0 Å². The van der Waals surface area contributed by atoms with Crippen LogP contribution < -0.4 is 15.8 Å². The Bertz CT molecular complexity index is 1210. The fourth-order valence-corrected chi connectivity index (χ4v) is 4.95. The van der Waals surface area contributed by atoms with Gasteiger partial charge in [0.2, 0.25) is 0 Å². The molecule has 2 aliphatic heterocycles. The van der Waals surface area contributed by atoms with Crippen molar-refractivity contribution in [3.63, 3.8) is 0 Å². The summed E-state index contributed by atoms with van der Waals surface area (Å²) in [5, 5.41) is 23.4. The third-order valence-electron chi connectivity index (χ3n) is 6.86. The highest BCUT2D eigenvalue weighted by molar-refractivity contribution is 5.88. The van der Waals surface area contributed by atoms with Gasteiger partial charge in [0.05, 0.1) is 23.2 Å². The lowest BCUT2D eigenvalue weighted by Crippen LogP contribution is -2.62. The van der Waals surface area contributed by atoms with Crippen LogP contribution in [0.15, 0.2) is 35.4 Å². The Morgan fingerprint density at radius 3 is 2.90 bits per heavy atom. The molecule has 2 bridgehead atoms. The number of anilines is 1. The highest BCUT2D eigenvalue weighted by Gasteiger charge is 2.51. The quantitative estimate of drug-likeness (QED) is 0.665. The van der Waals surface area contributed by atoms with Gasteiger partial charge in [-0.3, -0.25) is 4.79 Å². The number of aromatic nitrogens is 4. The molecule has 0 radical (unpaired) electrons. The molecule has 5 rings (SSSR count). The lowest BCUT2D eigenvalue weighted by molar-refractivity contribution is 0.111. The largest absolute Gasteiger partial charge is 0.507 e. The van der Waals surface area contributed by atoms with Gasteiger partial charge in [0.15, 0.2) is 11.6 Å². The average Bonchev–Trinajstić information content (AvgIpc) is 3.10. The third kappa shape index (κ3) is 3.15. The number of halogens is 1. The van der Waals surface area contributed by atoms with Gasteiger partial charge in [0, 0.05) is 31.9 Å². The molecule has 4 atom stereocenters. The lowest BCUT2D eigenvalue weighted by Gasteiger charge is -2.43. The first-order valence-corrected chi connectivity index (χ1v) is 10.4. The first-order chi connectivity index (χ1) is 14.8. The van der Waals surface area contributed by atoms with Crippen LogP contribution in [0, 0.1) is 0 Å². The Kier molecular flexibility index (Phi) is 4.47. The summed E-state index contributed by atoms with van der Waals surface area (Å²) in [6.45, 7) is 1.94. The van der Waals surface area contributed by atoms with E-state index in [4.69, 9.17) is 0 Å². The molecule has 0 saturated carbocycles. The Hall–Kier alpha value is -3.07. The zero-order chi connectivity index (χ0) is 21.9. The van der Waals surface area contributed by atoms with Crippen molar-refractivity contribution < 1.29 is 9.50 Å². The summed E-state index contributed by atoms with van der Waals surface area (Å²) in [7, 11) is 3.48. The number of hydrogen-bond donors (Lipinski definition) is 2. The van der Waals surface area contributed by atoms with Gasteiger partial charge in [-0.05, 0) is 49.8 Å². The van der Waals surface area contributed by atoms with E-state index in [1.54, 1.807) is 31.6 Å². The second-order valence-corrected chi connectivity index (χ2v) is 8.94. The monoisotopic (exact) mass is 424 g/mol. The summed E-state index contributed by atoms with van der Waals surface area (Å²) in [6, 6.07) is 4.91. The van der Waals surface area contributed by atoms with Gasteiger partial charge in [0.1, 0.15) is 11.9 Å². The van der Waals surface area contributed by atoms with Gasteiger partial charge < -0.3 is 19.9 Å². The molecule has 31 heavy (non-hydrogen) atoms. The van der Waals surface area contributed by atoms with Crippen molar-refractivity contribution in [1.29, 1.82) is 0 Å². The van der Waals surface area contributed by atoms with Crippen LogP contribution in [0.25, 0.3) is 22.2 Å². The number of nitrogens with zero attached hydrogens (tertiary/aromatic N) is 5. The number of aromatic hydroxyl groups is 1. The SMILES string of the molecule is CN(c1cnc(-c2cc3ccn(C)c(=O)c3cc2O)nn1)[C@H]1CC2CC[C@@](C)(N2)[C@H]1F. The molecule has 3 aromatic rings. The van der Waals surface area contributed by atoms with Gasteiger partial charge in [-0.2, -0.15) is 0 Å². The number of pyridine rings is 1. The van der Waals surface area contributed by atoms with E-state index in [0.29, 0.717) is 34.6 Å². The summed E-state index contributed by atoms with van der Waals surface area (Å²) in [6.07, 6.45) is 4.71. The molecular weight excluding hydrogens is 399 g/mol. The number of phenols is 1. The Labute approximate surface area is 178 Å². The summed E-state index contributed by atoms with van der Waals surface area (Å²) in [5.74, 6) is 0.632. The van der Waals surface area contributed by atoms with E-state index in [1.165, 1.54) is 10.6 Å². The lowest BCUT2D eigenvalue weighted by atomic mass is 9.86. The molecule has 8 nitrogen and oxygen atoms in total. The fraction of sp³-hybridized carbons (Fsp3) is 0.455. The van der Waals surface area contributed by atoms with E-state index in [0.717, 1.165) is 12.8 Å².